The van der Waals surface area contributed by atoms with Crippen molar-refractivity contribution in [3.63, 3.8) is 0 Å². The Hall–Kier alpha value is -3.71. The second-order valence-corrected chi connectivity index (χ2v) is 10.3. The highest BCUT2D eigenvalue weighted by atomic mass is 16.5. The lowest BCUT2D eigenvalue weighted by Gasteiger charge is -2.23. The first-order chi connectivity index (χ1) is 18.2. The van der Waals surface area contributed by atoms with Gasteiger partial charge in [-0.25, -0.2) is 15.0 Å². The van der Waals surface area contributed by atoms with E-state index in [9.17, 15) is 0 Å². The second-order valence-electron chi connectivity index (χ2n) is 10.3. The smallest absolute Gasteiger partial charge is 0.228 e. The minimum atomic E-state index is 0.333. The van der Waals surface area contributed by atoms with E-state index in [1.165, 1.54) is 17.5 Å². The summed E-state index contributed by atoms with van der Waals surface area (Å²) in [7, 11) is 0. The van der Waals surface area contributed by atoms with Crippen molar-refractivity contribution >= 4 is 22.4 Å². The first-order valence-corrected chi connectivity index (χ1v) is 13.4. The lowest BCUT2D eigenvalue weighted by Crippen LogP contribution is -2.38. The molecule has 2 fully saturated rings. The van der Waals surface area contributed by atoms with Crippen LogP contribution in [0.5, 0.6) is 11.6 Å². The van der Waals surface area contributed by atoms with Crippen molar-refractivity contribution in [2.75, 3.05) is 36.4 Å². The van der Waals surface area contributed by atoms with Crippen molar-refractivity contribution in [3.8, 4) is 22.9 Å². The van der Waals surface area contributed by atoms with Gasteiger partial charge in [0.2, 0.25) is 11.8 Å². The molecule has 2 aromatic heterocycles. The van der Waals surface area contributed by atoms with E-state index in [1.54, 1.807) is 12.4 Å². The van der Waals surface area contributed by atoms with Crippen LogP contribution in [0.25, 0.3) is 22.0 Å². The summed E-state index contributed by atoms with van der Waals surface area (Å²) in [5, 5.41) is 9.22. The molecule has 2 atom stereocenters. The number of aryl methyl sites for hydroxylation is 1. The topological polar surface area (TPSA) is 75.2 Å². The number of ether oxygens (including phenoxy) is 1. The van der Waals surface area contributed by atoms with Crippen LogP contribution >= 0.6 is 0 Å². The fraction of sp³-hybridized carbons (Fsp3) is 0.367. The van der Waals surface area contributed by atoms with Gasteiger partial charge in [-0.3, -0.25) is 0 Å². The zero-order valence-electron chi connectivity index (χ0n) is 21.6. The Kier molecular flexibility index (Phi) is 6.62. The number of hydrogen-bond donors (Lipinski definition) is 2. The Morgan fingerprint density at radius 2 is 1.95 bits per heavy atom. The van der Waals surface area contributed by atoms with Gasteiger partial charge in [-0.15, -0.1) is 0 Å². The molecule has 2 saturated heterocycles. The highest BCUT2D eigenvalue weighted by Crippen LogP contribution is 2.40. The van der Waals surface area contributed by atoms with E-state index < -0.39 is 0 Å². The molecule has 0 bridgehead atoms. The lowest BCUT2D eigenvalue weighted by molar-refractivity contribution is 0.466. The van der Waals surface area contributed by atoms with Crippen molar-refractivity contribution in [1.82, 2.24) is 20.3 Å². The number of hydrogen-bond acceptors (Lipinski definition) is 7. The van der Waals surface area contributed by atoms with Crippen LogP contribution in [0.2, 0.25) is 0 Å². The number of anilines is 2. The van der Waals surface area contributed by atoms with E-state index >= 15 is 0 Å². The average molecular weight is 495 g/mol. The van der Waals surface area contributed by atoms with Crippen LogP contribution in [-0.2, 0) is 0 Å². The molecule has 0 amide bonds. The van der Waals surface area contributed by atoms with Crippen molar-refractivity contribution in [2.45, 2.75) is 39.2 Å². The summed E-state index contributed by atoms with van der Waals surface area (Å²) in [5.74, 6) is 2.73. The van der Waals surface area contributed by atoms with Crippen LogP contribution in [0.4, 0.5) is 11.6 Å². The molecule has 190 valence electrons. The third-order valence-electron chi connectivity index (χ3n) is 7.48. The number of nitrogens with zero attached hydrogens (tertiary/aromatic N) is 4. The SMILES string of the molecule is Cc1ccc2c(N3CC[C@@H](C)C3)cccc2c1Oc1ncccc1-c1ccnc(N[C@H]2CCCNC2)n1. The van der Waals surface area contributed by atoms with Crippen LogP contribution in [0.1, 0.15) is 31.7 Å². The molecule has 0 spiro atoms. The predicted molar refractivity (Wildman–Crippen MR) is 150 cm³/mol. The van der Waals surface area contributed by atoms with Crippen molar-refractivity contribution in [2.24, 2.45) is 5.92 Å². The summed E-state index contributed by atoms with van der Waals surface area (Å²) in [6, 6.07) is 17.0. The monoisotopic (exact) mass is 494 g/mol. The van der Waals surface area contributed by atoms with E-state index in [2.05, 4.69) is 69.7 Å². The molecule has 37 heavy (non-hydrogen) atoms. The molecule has 0 unspecified atom stereocenters. The van der Waals surface area contributed by atoms with Gasteiger partial charge in [0.25, 0.3) is 0 Å². The van der Waals surface area contributed by atoms with Crippen molar-refractivity contribution < 1.29 is 4.74 Å². The zero-order valence-corrected chi connectivity index (χ0v) is 21.6. The summed E-state index contributed by atoms with van der Waals surface area (Å²) in [4.78, 5) is 16.4. The molecule has 2 aliphatic heterocycles. The minimum Gasteiger partial charge on any atom is -0.437 e. The standard InChI is InChI=1S/C30H34N6O/c1-20-13-17-36(19-20)27-9-3-7-24-23(27)11-10-21(2)28(24)37-29-25(8-5-15-32-29)26-12-16-33-30(35-26)34-22-6-4-14-31-18-22/h3,5,7-12,15-16,20,22,31H,4,6,13-14,17-19H2,1-2H3,(H,33,34,35)/t20-,22+/m1/s1. The molecule has 4 heterocycles. The molecule has 0 aliphatic carbocycles. The molecule has 2 aromatic carbocycles. The largest absolute Gasteiger partial charge is 0.437 e. The third kappa shape index (κ3) is 4.96. The summed E-state index contributed by atoms with van der Waals surface area (Å²) >= 11 is 0. The van der Waals surface area contributed by atoms with Crippen LogP contribution < -0.4 is 20.3 Å². The number of piperidine rings is 1. The highest BCUT2D eigenvalue weighted by Gasteiger charge is 2.22. The molecule has 2 aliphatic rings. The molecule has 0 saturated carbocycles. The van der Waals surface area contributed by atoms with Gasteiger partial charge < -0.3 is 20.3 Å². The number of rotatable bonds is 6. The van der Waals surface area contributed by atoms with E-state index in [0.29, 0.717) is 23.8 Å². The Labute approximate surface area is 218 Å². The molecule has 7 heteroatoms. The number of aromatic nitrogens is 3. The second kappa shape index (κ2) is 10.3. The van der Waals surface area contributed by atoms with Gasteiger partial charge in [0.15, 0.2) is 0 Å². The fourth-order valence-corrected chi connectivity index (χ4v) is 5.49. The highest BCUT2D eigenvalue weighted by molar-refractivity contribution is 5.99. The van der Waals surface area contributed by atoms with Gasteiger partial charge in [-0.05, 0) is 68.5 Å². The maximum absolute atomic E-state index is 6.62. The van der Waals surface area contributed by atoms with Gasteiger partial charge in [0.1, 0.15) is 5.75 Å². The van der Waals surface area contributed by atoms with E-state index in [1.807, 2.05) is 18.2 Å². The van der Waals surface area contributed by atoms with Gasteiger partial charge in [0, 0.05) is 54.5 Å². The Morgan fingerprint density at radius 1 is 1.00 bits per heavy atom. The molecule has 6 rings (SSSR count). The summed E-state index contributed by atoms with van der Waals surface area (Å²) < 4.78 is 6.62. The maximum Gasteiger partial charge on any atom is 0.228 e. The van der Waals surface area contributed by atoms with Gasteiger partial charge in [0.05, 0.1) is 11.3 Å². The van der Waals surface area contributed by atoms with E-state index in [4.69, 9.17) is 9.72 Å². The number of benzene rings is 2. The Balaban J connectivity index is 1.34. The summed E-state index contributed by atoms with van der Waals surface area (Å²) in [6.07, 6.45) is 7.06. The van der Waals surface area contributed by atoms with Crippen LogP contribution in [-0.4, -0.2) is 47.2 Å². The zero-order chi connectivity index (χ0) is 25.2. The van der Waals surface area contributed by atoms with Crippen LogP contribution in [0.3, 0.4) is 0 Å². The number of nitrogens with one attached hydrogen (secondary N) is 2. The first kappa shape index (κ1) is 23.7. The predicted octanol–water partition coefficient (Wildman–Crippen LogP) is 5.80. The third-order valence-corrected chi connectivity index (χ3v) is 7.48. The average Bonchev–Trinajstić information content (AvgIpc) is 3.37. The van der Waals surface area contributed by atoms with Crippen LogP contribution in [0, 0.1) is 12.8 Å². The molecule has 0 radical (unpaired) electrons. The molecular weight excluding hydrogens is 460 g/mol. The molecular formula is C30H34N6O. The van der Waals surface area contributed by atoms with Crippen LogP contribution in [0.15, 0.2) is 60.9 Å². The van der Waals surface area contributed by atoms with Gasteiger partial charge in [-0.1, -0.05) is 31.2 Å². The number of pyridine rings is 1. The van der Waals surface area contributed by atoms with E-state index in [-0.39, 0.29) is 0 Å². The minimum absolute atomic E-state index is 0.333. The molecule has 2 N–H and O–H groups in total. The molecule has 7 nitrogen and oxygen atoms in total. The normalized spacial score (nSPS) is 19.8. The van der Waals surface area contributed by atoms with Crippen molar-refractivity contribution in [3.05, 3.63) is 66.5 Å². The first-order valence-electron chi connectivity index (χ1n) is 13.4. The van der Waals surface area contributed by atoms with Gasteiger partial charge >= 0.3 is 0 Å². The fourth-order valence-electron chi connectivity index (χ4n) is 5.49. The molecule has 4 aromatic rings. The Bertz CT molecular complexity index is 1400. The van der Waals surface area contributed by atoms with Gasteiger partial charge in [-0.2, -0.15) is 0 Å². The Morgan fingerprint density at radius 3 is 2.78 bits per heavy atom. The maximum atomic E-state index is 6.62. The quantitative estimate of drug-likeness (QED) is 0.351. The lowest BCUT2D eigenvalue weighted by atomic mass is 10.0. The summed E-state index contributed by atoms with van der Waals surface area (Å²) in [6.45, 7) is 8.60. The van der Waals surface area contributed by atoms with Crippen molar-refractivity contribution in [1.29, 1.82) is 0 Å². The van der Waals surface area contributed by atoms with E-state index in [0.717, 1.165) is 67.0 Å². The summed E-state index contributed by atoms with van der Waals surface area (Å²) in [5.41, 5.74) is 3.98. The number of fused-ring (bicyclic) bond motifs is 1.